The molecular formula is C18H15F2N5O2. The van der Waals surface area contributed by atoms with E-state index in [0.717, 1.165) is 18.6 Å². The molecule has 1 amide bonds. The molecule has 0 radical (unpaired) electrons. The van der Waals surface area contributed by atoms with E-state index in [2.05, 4.69) is 20.4 Å². The first-order valence-corrected chi connectivity index (χ1v) is 8.38. The number of nitrogens with one attached hydrogen (secondary N) is 2. The molecule has 0 aliphatic heterocycles. The van der Waals surface area contributed by atoms with Crippen molar-refractivity contribution in [3.8, 4) is 5.95 Å². The van der Waals surface area contributed by atoms with Gasteiger partial charge in [-0.25, -0.2) is 13.8 Å². The van der Waals surface area contributed by atoms with E-state index in [1.54, 1.807) is 13.0 Å². The zero-order chi connectivity index (χ0) is 19.1. The molecule has 9 heteroatoms. The van der Waals surface area contributed by atoms with Crippen LogP contribution < -0.4 is 10.9 Å². The Balaban J connectivity index is 1.71. The van der Waals surface area contributed by atoms with Gasteiger partial charge < -0.3 is 5.32 Å². The Bertz CT molecular complexity index is 1120. The van der Waals surface area contributed by atoms with E-state index in [0.29, 0.717) is 35.9 Å². The van der Waals surface area contributed by atoms with Gasteiger partial charge in [-0.1, -0.05) is 0 Å². The number of hydrogen-bond acceptors (Lipinski definition) is 4. The van der Waals surface area contributed by atoms with Crippen molar-refractivity contribution in [1.29, 1.82) is 0 Å². The van der Waals surface area contributed by atoms with Crippen LogP contribution in [0.25, 0.3) is 5.95 Å². The van der Waals surface area contributed by atoms with Crippen molar-refractivity contribution >= 4 is 11.7 Å². The van der Waals surface area contributed by atoms with Gasteiger partial charge in [-0.2, -0.15) is 9.78 Å². The number of fused-ring (bicyclic) bond motifs is 1. The lowest BCUT2D eigenvalue weighted by atomic mass is 10.2. The van der Waals surface area contributed by atoms with E-state index in [9.17, 15) is 18.4 Å². The van der Waals surface area contributed by atoms with Crippen LogP contribution in [0.2, 0.25) is 0 Å². The minimum absolute atomic E-state index is 0.170. The molecule has 2 N–H and O–H groups in total. The largest absolute Gasteiger partial charge is 0.306 e. The maximum Gasteiger partial charge on any atom is 0.259 e. The van der Waals surface area contributed by atoms with Gasteiger partial charge in [0.1, 0.15) is 17.5 Å². The summed E-state index contributed by atoms with van der Waals surface area (Å²) < 4.78 is 28.2. The SMILES string of the molecule is Cc1cc(NC(=O)c2ccc(F)cc2F)n(-c2nc3c(c(=O)[nH]2)CCC3)n1. The maximum atomic E-state index is 13.9. The van der Waals surface area contributed by atoms with Gasteiger partial charge in [-0.3, -0.25) is 14.6 Å². The molecule has 27 heavy (non-hydrogen) atoms. The molecule has 1 aromatic carbocycles. The number of carbonyl (C=O) groups is 1. The molecule has 0 fully saturated rings. The third-order valence-corrected chi connectivity index (χ3v) is 4.38. The number of rotatable bonds is 3. The Labute approximate surface area is 152 Å². The van der Waals surface area contributed by atoms with Crippen LogP contribution >= 0.6 is 0 Å². The quantitative estimate of drug-likeness (QED) is 0.739. The molecule has 2 heterocycles. The molecule has 0 saturated heterocycles. The number of halogens is 2. The highest BCUT2D eigenvalue weighted by atomic mass is 19.1. The van der Waals surface area contributed by atoms with E-state index in [1.165, 1.54) is 4.68 Å². The number of nitrogens with zero attached hydrogens (tertiary/aromatic N) is 3. The van der Waals surface area contributed by atoms with Crippen molar-refractivity contribution in [1.82, 2.24) is 19.7 Å². The van der Waals surface area contributed by atoms with Crippen LogP contribution in [0.15, 0.2) is 29.1 Å². The van der Waals surface area contributed by atoms with Crippen LogP contribution in [0.5, 0.6) is 0 Å². The van der Waals surface area contributed by atoms with Crippen LogP contribution in [-0.2, 0) is 12.8 Å². The molecule has 0 saturated carbocycles. The van der Waals surface area contributed by atoms with Crippen LogP contribution in [0.3, 0.4) is 0 Å². The lowest BCUT2D eigenvalue weighted by molar-refractivity contribution is 0.102. The van der Waals surface area contributed by atoms with E-state index < -0.39 is 17.5 Å². The summed E-state index contributed by atoms with van der Waals surface area (Å²) in [4.78, 5) is 31.7. The van der Waals surface area contributed by atoms with Crippen molar-refractivity contribution in [2.75, 3.05) is 5.32 Å². The number of aryl methyl sites for hydroxylation is 2. The van der Waals surface area contributed by atoms with Gasteiger partial charge in [0.2, 0.25) is 5.95 Å². The second kappa shape index (κ2) is 6.42. The summed E-state index contributed by atoms with van der Waals surface area (Å²) in [5, 5.41) is 6.78. The monoisotopic (exact) mass is 371 g/mol. The summed E-state index contributed by atoms with van der Waals surface area (Å²) in [7, 11) is 0. The van der Waals surface area contributed by atoms with E-state index in [1.807, 2.05) is 0 Å². The van der Waals surface area contributed by atoms with E-state index in [-0.39, 0.29) is 22.9 Å². The Kier molecular flexibility index (Phi) is 4.06. The molecule has 2 aromatic heterocycles. The topological polar surface area (TPSA) is 92.7 Å². The first-order valence-electron chi connectivity index (χ1n) is 8.38. The Morgan fingerprint density at radius 3 is 2.85 bits per heavy atom. The van der Waals surface area contributed by atoms with Crippen LogP contribution in [-0.4, -0.2) is 25.7 Å². The van der Waals surface area contributed by atoms with Gasteiger partial charge in [-0.15, -0.1) is 0 Å². The molecular weight excluding hydrogens is 356 g/mol. The Hall–Kier alpha value is -3.36. The standard InChI is InChI=1S/C18H15F2N5O2/c1-9-7-15(22-16(26)11-6-5-10(19)8-13(11)20)25(24-9)18-21-14-4-2-3-12(14)17(27)23-18/h5-8H,2-4H2,1H3,(H,22,26)(H,21,23,27). The molecule has 0 bridgehead atoms. The number of amides is 1. The van der Waals surface area contributed by atoms with Crippen LogP contribution in [0.1, 0.15) is 33.7 Å². The molecule has 0 atom stereocenters. The zero-order valence-electron chi connectivity index (χ0n) is 14.3. The summed E-state index contributed by atoms with van der Waals surface area (Å²) in [6.45, 7) is 1.70. The number of aromatic amines is 1. The highest BCUT2D eigenvalue weighted by molar-refractivity contribution is 6.04. The predicted molar refractivity (Wildman–Crippen MR) is 93.1 cm³/mol. The van der Waals surface area contributed by atoms with Gasteiger partial charge in [0.25, 0.3) is 11.5 Å². The molecule has 4 rings (SSSR count). The lowest BCUT2D eigenvalue weighted by Crippen LogP contribution is -2.21. The second-order valence-electron chi connectivity index (χ2n) is 6.33. The molecule has 1 aliphatic carbocycles. The highest BCUT2D eigenvalue weighted by Gasteiger charge is 2.21. The summed E-state index contributed by atoms with van der Waals surface area (Å²) in [5.41, 5.74) is 1.40. The number of benzene rings is 1. The number of carbonyl (C=O) groups excluding carboxylic acids is 1. The van der Waals surface area contributed by atoms with Gasteiger partial charge >= 0.3 is 0 Å². The predicted octanol–water partition coefficient (Wildman–Crippen LogP) is 2.28. The minimum Gasteiger partial charge on any atom is -0.306 e. The molecule has 7 nitrogen and oxygen atoms in total. The molecule has 3 aromatic rings. The van der Waals surface area contributed by atoms with Crippen LogP contribution in [0, 0.1) is 18.6 Å². The fourth-order valence-corrected chi connectivity index (χ4v) is 3.14. The van der Waals surface area contributed by atoms with Crippen molar-refractivity contribution in [3.05, 3.63) is 68.8 Å². The normalized spacial score (nSPS) is 12.9. The average Bonchev–Trinajstić information content (AvgIpc) is 3.21. The van der Waals surface area contributed by atoms with Gasteiger partial charge in [0.05, 0.1) is 17.0 Å². The fourth-order valence-electron chi connectivity index (χ4n) is 3.14. The Morgan fingerprint density at radius 1 is 1.26 bits per heavy atom. The van der Waals surface area contributed by atoms with Gasteiger partial charge in [-0.05, 0) is 38.3 Å². The van der Waals surface area contributed by atoms with E-state index in [4.69, 9.17) is 0 Å². The third-order valence-electron chi connectivity index (χ3n) is 4.38. The first kappa shape index (κ1) is 17.1. The number of hydrogen-bond donors (Lipinski definition) is 2. The lowest BCUT2D eigenvalue weighted by Gasteiger charge is -2.09. The second-order valence-corrected chi connectivity index (χ2v) is 6.33. The summed E-state index contributed by atoms with van der Waals surface area (Å²) in [6, 6.07) is 4.26. The summed E-state index contributed by atoms with van der Waals surface area (Å²) in [6.07, 6.45) is 2.25. The van der Waals surface area contributed by atoms with Crippen LogP contribution in [0.4, 0.5) is 14.6 Å². The smallest absolute Gasteiger partial charge is 0.259 e. The highest BCUT2D eigenvalue weighted by Crippen LogP contribution is 2.20. The summed E-state index contributed by atoms with van der Waals surface area (Å²) >= 11 is 0. The first-order chi connectivity index (χ1) is 12.9. The fraction of sp³-hybridized carbons (Fsp3) is 0.222. The van der Waals surface area contributed by atoms with Crippen molar-refractivity contribution in [3.63, 3.8) is 0 Å². The molecule has 0 unspecified atom stereocenters. The van der Waals surface area contributed by atoms with Crippen molar-refractivity contribution < 1.29 is 13.6 Å². The summed E-state index contributed by atoms with van der Waals surface area (Å²) in [5.74, 6) is -2.13. The molecule has 138 valence electrons. The maximum absolute atomic E-state index is 13.9. The Morgan fingerprint density at radius 2 is 2.07 bits per heavy atom. The van der Waals surface area contributed by atoms with Crippen molar-refractivity contribution in [2.45, 2.75) is 26.2 Å². The van der Waals surface area contributed by atoms with Gasteiger partial charge in [0, 0.05) is 17.7 Å². The van der Waals surface area contributed by atoms with E-state index >= 15 is 0 Å². The number of aromatic nitrogens is 4. The number of anilines is 1. The average molecular weight is 371 g/mol. The van der Waals surface area contributed by atoms with Crippen molar-refractivity contribution in [2.24, 2.45) is 0 Å². The zero-order valence-corrected chi connectivity index (χ0v) is 14.3. The molecule has 0 spiro atoms. The third kappa shape index (κ3) is 3.12. The minimum atomic E-state index is -0.973. The number of H-pyrrole nitrogens is 1. The molecule has 1 aliphatic rings. The van der Waals surface area contributed by atoms with Gasteiger partial charge in [0.15, 0.2) is 0 Å².